The van der Waals surface area contributed by atoms with Crippen LogP contribution in [0.25, 0.3) is 17.0 Å². The molecule has 3 aliphatic carbocycles. The summed E-state index contributed by atoms with van der Waals surface area (Å²) in [7, 11) is 0. The van der Waals surface area contributed by atoms with Gasteiger partial charge in [-0.2, -0.15) is 0 Å². The van der Waals surface area contributed by atoms with E-state index in [1.807, 2.05) is 52.1 Å². The van der Waals surface area contributed by atoms with E-state index in [9.17, 15) is 0 Å². The monoisotopic (exact) mass is 620 g/mol. The summed E-state index contributed by atoms with van der Waals surface area (Å²) >= 11 is 0. The fourth-order valence-electron chi connectivity index (χ4n) is 6.01. The zero-order valence-corrected chi connectivity index (χ0v) is 29.9. The van der Waals surface area contributed by atoms with Gasteiger partial charge < -0.3 is 15.6 Å². The van der Waals surface area contributed by atoms with Gasteiger partial charge in [0, 0.05) is 42.3 Å². The van der Waals surface area contributed by atoms with Gasteiger partial charge in [-0.1, -0.05) is 132 Å². The van der Waals surface area contributed by atoms with E-state index in [-0.39, 0.29) is 0 Å². The number of hydrogen-bond donors (Lipinski definition) is 3. The highest BCUT2D eigenvalue weighted by Crippen LogP contribution is 2.48. The molecular weight excluding hydrogens is 560 g/mol. The van der Waals surface area contributed by atoms with Crippen LogP contribution >= 0.6 is 0 Å². The standard InChI is InChI=1S/C19H23N3.C19H25N.2C2H6/c1-2-13-8-15-9-16(10-18(13)15)20-11-17-12-21-19(22-17)14-6-4-3-5-7-14;1-4-17-10-12-18(13-11-17)16(3)9-8-15(2)14-20-19-6-5-7-19;2*1-2/h3-7,10,12-13,15-16,20H,2,8-9,11H2,1H3,(H,21,22);6,8-13,20H,4-5,7,14H2,1-3H3;2*1-2H3/b;15-8+,16-9+;;. The Bertz CT molecular complexity index is 1420. The maximum atomic E-state index is 4.49. The smallest absolute Gasteiger partial charge is 0.137 e. The second kappa shape index (κ2) is 19.8. The number of aromatic nitrogens is 2. The van der Waals surface area contributed by atoms with E-state index in [2.05, 4.69) is 109 Å². The van der Waals surface area contributed by atoms with E-state index < -0.39 is 0 Å². The summed E-state index contributed by atoms with van der Waals surface area (Å²) in [5, 5.41) is 7.12. The van der Waals surface area contributed by atoms with Crippen LogP contribution in [0.15, 0.2) is 102 Å². The minimum atomic E-state index is 0.542. The van der Waals surface area contributed by atoms with Gasteiger partial charge in [0.1, 0.15) is 5.82 Å². The van der Waals surface area contributed by atoms with E-state index in [1.165, 1.54) is 60.1 Å². The number of nitrogens with one attached hydrogen (secondary N) is 3. The second-order valence-electron chi connectivity index (χ2n) is 12.1. The Labute approximate surface area is 280 Å². The van der Waals surface area contributed by atoms with Gasteiger partial charge in [0.15, 0.2) is 0 Å². The zero-order valence-electron chi connectivity index (χ0n) is 29.9. The second-order valence-corrected chi connectivity index (χ2v) is 12.1. The van der Waals surface area contributed by atoms with E-state index in [1.54, 1.807) is 5.57 Å². The first-order valence-electron chi connectivity index (χ1n) is 17.9. The first kappa shape index (κ1) is 36.8. The van der Waals surface area contributed by atoms with Gasteiger partial charge in [-0.3, -0.25) is 0 Å². The Balaban J connectivity index is 0.000000227. The summed E-state index contributed by atoms with van der Waals surface area (Å²) in [4.78, 5) is 7.91. The minimum Gasteiger partial charge on any atom is -0.385 e. The molecule has 0 amide bonds. The van der Waals surface area contributed by atoms with E-state index in [0.717, 1.165) is 48.4 Å². The van der Waals surface area contributed by atoms with Crippen LogP contribution in [-0.4, -0.2) is 22.6 Å². The number of hydrogen-bond acceptors (Lipinski definition) is 3. The predicted molar refractivity (Wildman–Crippen MR) is 200 cm³/mol. The molecule has 4 nitrogen and oxygen atoms in total. The number of nitrogens with zero attached hydrogens (tertiary/aromatic N) is 1. The number of H-pyrrole nitrogens is 1. The first-order valence-corrected chi connectivity index (χ1v) is 17.9. The highest BCUT2D eigenvalue weighted by molar-refractivity contribution is 5.65. The number of allylic oxidation sites excluding steroid dienone is 6. The van der Waals surface area contributed by atoms with Crippen molar-refractivity contribution < 1.29 is 0 Å². The summed E-state index contributed by atoms with van der Waals surface area (Å²) in [5.41, 5.74) is 10.8. The van der Waals surface area contributed by atoms with Crippen LogP contribution < -0.4 is 10.6 Å². The molecule has 0 saturated heterocycles. The highest BCUT2D eigenvalue weighted by atomic mass is 15.0. The van der Waals surface area contributed by atoms with Crippen molar-refractivity contribution >= 4 is 5.57 Å². The molecule has 3 unspecified atom stereocenters. The lowest BCUT2D eigenvalue weighted by molar-refractivity contribution is 0.303. The summed E-state index contributed by atoms with van der Waals surface area (Å²) in [5.74, 6) is 2.69. The summed E-state index contributed by atoms with van der Waals surface area (Å²) in [6.07, 6.45) is 18.7. The average molecular weight is 621 g/mol. The maximum Gasteiger partial charge on any atom is 0.137 e. The van der Waals surface area contributed by atoms with Gasteiger partial charge >= 0.3 is 0 Å². The molecule has 0 radical (unpaired) electrons. The zero-order chi connectivity index (χ0) is 33.3. The van der Waals surface area contributed by atoms with Crippen LogP contribution in [0, 0.1) is 11.8 Å². The maximum absolute atomic E-state index is 4.49. The molecule has 3 aliphatic rings. The lowest BCUT2D eigenvalue weighted by Crippen LogP contribution is -2.27. The third kappa shape index (κ3) is 10.7. The Morgan fingerprint density at radius 2 is 1.65 bits per heavy atom. The average Bonchev–Trinajstić information content (AvgIpc) is 3.69. The van der Waals surface area contributed by atoms with E-state index >= 15 is 0 Å². The van der Waals surface area contributed by atoms with Crippen molar-refractivity contribution in [2.24, 2.45) is 11.8 Å². The molecular formula is C42H60N4. The molecule has 1 saturated carbocycles. The molecule has 3 atom stereocenters. The number of aromatic amines is 1. The molecule has 3 N–H and O–H groups in total. The van der Waals surface area contributed by atoms with Gasteiger partial charge in [-0.05, 0) is 80.9 Å². The van der Waals surface area contributed by atoms with Crippen molar-refractivity contribution in [3.8, 4) is 11.4 Å². The number of imidazole rings is 1. The van der Waals surface area contributed by atoms with Gasteiger partial charge in [0.25, 0.3) is 0 Å². The first-order chi connectivity index (χ1) is 22.5. The fraction of sp³-hybridized carbons (Fsp3) is 0.452. The van der Waals surface area contributed by atoms with Crippen molar-refractivity contribution in [1.29, 1.82) is 0 Å². The van der Waals surface area contributed by atoms with Crippen molar-refractivity contribution in [3.05, 3.63) is 119 Å². The molecule has 1 fully saturated rings. The number of fused-ring (bicyclic) bond motifs is 1. The minimum absolute atomic E-state index is 0.542. The molecule has 46 heavy (non-hydrogen) atoms. The van der Waals surface area contributed by atoms with Crippen LogP contribution in [-0.2, 0) is 13.0 Å². The quantitative estimate of drug-likeness (QED) is 0.148. The SMILES string of the molecule is CC.CC.CCC1CC2CC(NCc3cnc(-c4ccccc4)[nH]3)C=C12.CCc1ccc(/C(C)=C/C=C(\C)CNC2=CCC2)cc1. The van der Waals surface area contributed by atoms with Crippen LogP contribution in [0.3, 0.4) is 0 Å². The molecule has 248 valence electrons. The van der Waals surface area contributed by atoms with Crippen molar-refractivity contribution in [2.75, 3.05) is 6.54 Å². The largest absolute Gasteiger partial charge is 0.385 e. The Hall–Kier alpha value is -3.63. The van der Waals surface area contributed by atoms with Gasteiger partial charge in [-0.15, -0.1) is 0 Å². The van der Waals surface area contributed by atoms with Crippen molar-refractivity contribution in [3.63, 3.8) is 0 Å². The topological polar surface area (TPSA) is 52.7 Å². The molecule has 0 spiro atoms. The predicted octanol–water partition coefficient (Wildman–Crippen LogP) is 10.8. The Morgan fingerprint density at radius 1 is 0.935 bits per heavy atom. The molecule has 1 heterocycles. The normalized spacial score (nSPS) is 19.7. The number of benzene rings is 2. The van der Waals surface area contributed by atoms with Gasteiger partial charge in [0.05, 0.1) is 0 Å². The van der Waals surface area contributed by atoms with Gasteiger partial charge in [-0.25, -0.2) is 4.98 Å². The van der Waals surface area contributed by atoms with Crippen LogP contribution in [0.1, 0.15) is 104 Å². The molecule has 0 bridgehead atoms. The lowest BCUT2D eigenvalue weighted by Gasteiger charge is -2.35. The van der Waals surface area contributed by atoms with E-state index in [4.69, 9.17) is 0 Å². The molecule has 2 aromatic carbocycles. The molecule has 0 aliphatic heterocycles. The van der Waals surface area contributed by atoms with Crippen molar-refractivity contribution in [1.82, 2.24) is 20.6 Å². The molecule has 6 rings (SSSR count). The Kier molecular flexibility index (Phi) is 15.8. The fourth-order valence-corrected chi connectivity index (χ4v) is 6.01. The van der Waals surface area contributed by atoms with E-state index in [0.29, 0.717) is 6.04 Å². The molecule has 1 aromatic heterocycles. The lowest BCUT2D eigenvalue weighted by atomic mass is 9.70. The molecule has 4 heteroatoms. The summed E-state index contributed by atoms with van der Waals surface area (Å²) in [6.45, 7) is 18.7. The van der Waals surface area contributed by atoms with Crippen LogP contribution in [0.5, 0.6) is 0 Å². The highest BCUT2D eigenvalue weighted by Gasteiger charge is 2.39. The Morgan fingerprint density at radius 3 is 2.28 bits per heavy atom. The summed E-state index contributed by atoms with van der Waals surface area (Å²) in [6, 6.07) is 19.7. The third-order valence-corrected chi connectivity index (χ3v) is 9.00. The molecule has 3 aromatic rings. The third-order valence-electron chi connectivity index (χ3n) is 9.00. The van der Waals surface area contributed by atoms with Gasteiger partial charge in [0.2, 0.25) is 0 Å². The van der Waals surface area contributed by atoms with Crippen molar-refractivity contribution in [2.45, 2.75) is 107 Å². The van der Waals surface area contributed by atoms with Crippen LogP contribution in [0.2, 0.25) is 0 Å². The number of aryl methyl sites for hydroxylation is 1. The van der Waals surface area contributed by atoms with Crippen LogP contribution in [0.4, 0.5) is 0 Å². The number of rotatable bonds is 11. The summed E-state index contributed by atoms with van der Waals surface area (Å²) < 4.78 is 0.